The van der Waals surface area contributed by atoms with E-state index in [4.69, 9.17) is 0 Å². The predicted molar refractivity (Wildman–Crippen MR) is 23.9 cm³/mol. The van der Waals surface area contributed by atoms with Crippen LogP contribution in [-0.4, -0.2) is 31.7 Å². The van der Waals surface area contributed by atoms with Crippen LogP contribution in [0.1, 0.15) is 0 Å². The van der Waals surface area contributed by atoms with Crippen molar-refractivity contribution in [1.29, 1.82) is 0 Å². The van der Waals surface area contributed by atoms with Gasteiger partial charge in [-0.05, 0) is 0 Å². The second kappa shape index (κ2) is 22.1. The van der Waals surface area contributed by atoms with Crippen molar-refractivity contribution < 1.29 is 22.5 Å². The Kier molecular flexibility index (Phi) is 239. The predicted octanol–water partition coefficient (Wildman–Crippen LogP) is -1.90. The van der Waals surface area contributed by atoms with Crippen molar-refractivity contribution in [2.24, 2.45) is 0 Å². The molecule has 0 rings (SSSR count). The van der Waals surface area contributed by atoms with Gasteiger partial charge in [0.2, 0.25) is 0 Å². The van der Waals surface area contributed by atoms with Gasteiger partial charge in [-0.1, -0.05) is 0 Å². The number of hydrogen-bond donors (Lipinski definition) is 0. The largest absolute Gasteiger partial charge is 0 e. The first-order chi connectivity index (χ1) is 0. The van der Waals surface area contributed by atoms with Crippen LogP contribution in [0.2, 0.25) is 0 Å². The van der Waals surface area contributed by atoms with E-state index in [2.05, 4.69) is 0 Å². The maximum Gasteiger partial charge on any atom is 0 e. The molecule has 1 nitrogen and oxygen atoms in total. The summed E-state index contributed by atoms with van der Waals surface area (Å²) in [5, 5.41) is 0. The van der Waals surface area contributed by atoms with Crippen molar-refractivity contribution in [1.82, 2.24) is 0 Å². The number of rotatable bonds is 0. The minimum Gasteiger partial charge on any atom is 0 e. The molecule has 0 bridgehead atoms. The third-order valence-electron chi connectivity index (χ3n) is 0. The maximum atomic E-state index is 0. The standard InChI is InChI=1S/Bi.Cu.H2O.H2S.3H/h;;2*1H2;;;. The first-order valence-electron chi connectivity index (χ1n) is 0. The van der Waals surface area contributed by atoms with E-state index in [0.29, 0.717) is 0 Å². The molecular weight excluding hydrogens is 321 g/mol. The Labute approximate surface area is 61.9 Å². The fraction of sp³-hybridized carbons (Fsp3) is 0. The summed E-state index contributed by atoms with van der Waals surface area (Å²) in [6.07, 6.45) is 0. The SMILES string of the molecule is O.S.[BiH3].[Cu]. The summed E-state index contributed by atoms with van der Waals surface area (Å²) in [4.78, 5) is 0. The molecule has 0 saturated heterocycles. The van der Waals surface area contributed by atoms with Crippen molar-refractivity contribution in [2.75, 3.05) is 0 Å². The second-order valence-electron chi connectivity index (χ2n) is 0. The molecule has 2 N–H and O–H groups in total. The second-order valence-corrected chi connectivity index (χ2v) is 0. The molecular formula is H7BiCuOS. The molecule has 0 saturated carbocycles. The molecule has 0 amide bonds. The molecule has 0 unspecified atom stereocenters. The first kappa shape index (κ1) is 43.3. The zero-order valence-corrected chi connectivity index (χ0v) is 9.45. The molecule has 0 aliphatic heterocycles. The van der Waals surface area contributed by atoms with E-state index in [1.165, 1.54) is 0 Å². The van der Waals surface area contributed by atoms with Gasteiger partial charge in [0.05, 0.1) is 0 Å². The minimum atomic E-state index is 0. The van der Waals surface area contributed by atoms with E-state index in [1.54, 1.807) is 0 Å². The molecule has 0 atom stereocenters. The van der Waals surface area contributed by atoms with Gasteiger partial charge in [0.1, 0.15) is 0 Å². The van der Waals surface area contributed by atoms with Gasteiger partial charge < -0.3 is 5.48 Å². The van der Waals surface area contributed by atoms with E-state index in [1.807, 2.05) is 0 Å². The normalized spacial score (nSPS) is 0. The Morgan fingerprint density at radius 2 is 1.00 bits per heavy atom. The van der Waals surface area contributed by atoms with Crippen molar-refractivity contribution in [2.45, 2.75) is 0 Å². The van der Waals surface area contributed by atoms with Gasteiger partial charge in [-0.15, -0.1) is 0 Å². The van der Waals surface area contributed by atoms with E-state index in [0.717, 1.165) is 0 Å². The van der Waals surface area contributed by atoms with E-state index in [9.17, 15) is 0 Å². The molecule has 0 aromatic carbocycles. The molecule has 0 heterocycles. The Morgan fingerprint density at radius 3 is 1.00 bits per heavy atom. The van der Waals surface area contributed by atoms with Gasteiger partial charge >= 0.3 is 26.2 Å². The Balaban J connectivity index is 0. The van der Waals surface area contributed by atoms with Crippen molar-refractivity contribution >= 4 is 39.7 Å². The van der Waals surface area contributed by atoms with Crippen LogP contribution in [0.3, 0.4) is 0 Å². The zero-order valence-electron chi connectivity index (χ0n) is 2.01. The van der Waals surface area contributed by atoms with Crippen LogP contribution in [-0.2, 0) is 17.1 Å². The Bertz CT molecular complexity index is 8.00. The molecule has 4 heteroatoms. The first-order valence-corrected chi connectivity index (χ1v) is 0. The van der Waals surface area contributed by atoms with Crippen molar-refractivity contribution in [3.05, 3.63) is 0 Å². The molecule has 0 aliphatic rings. The maximum absolute atomic E-state index is 0. The van der Waals surface area contributed by atoms with Gasteiger partial charge in [0.25, 0.3) is 0 Å². The van der Waals surface area contributed by atoms with Crippen LogP contribution in [0, 0.1) is 0 Å². The fourth-order valence-electron chi connectivity index (χ4n) is 0. The molecule has 1 radical (unpaired) electrons. The van der Waals surface area contributed by atoms with Gasteiger partial charge in [-0.2, -0.15) is 13.5 Å². The minimum absolute atomic E-state index is 0. The summed E-state index contributed by atoms with van der Waals surface area (Å²) in [5.41, 5.74) is 0. The zero-order chi connectivity index (χ0) is 0. The monoisotopic (exact) mass is 327 g/mol. The molecule has 0 aliphatic carbocycles. The van der Waals surface area contributed by atoms with Crippen LogP contribution in [0.4, 0.5) is 0 Å². The van der Waals surface area contributed by atoms with E-state index >= 15 is 0 Å². The Hall–Kier alpha value is 1.71. The molecule has 0 fully saturated rings. The molecule has 0 spiro atoms. The van der Waals surface area contributed by atoms with Gasteiger partial charge in [0, 0.05) is 17.1 Å². The summed E-state index contributed by atoms with van der Waals surface area (Å²) >= 11 is 0. The van der Waals surface area contributed by atoms with Crippen LogP contribution in [0.25, 0.3) is 0 Å². The summed E-state index contributed by atoms with van der Waals surface area (Å²) in [6.45, 7) is 0. The summed E-state index contributed by atoms with van der Waals surface area (Å²) in [6, 6.07) is 0. The van der Waals surface area contributed by atoms with Gasteiger partial charge in [-0.25, -0.2) is 0 Å². The number of hydrogen-bond acceptors (Lipinski definition) is 0. The molecule has 0 aromatic heterocycles. The van der Waals surface area contributed by atoms with Crippen LogP contribution >= 0.6 is 13.5 Å². The van der Waals surface area contributed by atoms with Crippen LogP contribution in [0.5, 0.6) is 0 Å². The van der Waals surface area contributed by atoms with Gasteiger partial charge in [0.15, 0.2) is 0 Å². The smallest absolute Gasteiger partial charge is 0 e. The van der Waals surface area contributed by atoms with Gasteiger partial charge in [-0.3, -0.25) is 0 Å². The quantitative estimate of drug-likeness (QED) is 0.466. The third-order valence-corrected chi connectivity index (χ3v) is 0. The molecule has 35 valence electrons. The molecule has 0 aromatic rings. The van der Waals surface area contributed by atoms with Crippen LogP contribution < -0.4 is 0 Å². The average Bonchev–Trinajstić information content (AvgIpc) is 0. The van der Waals surface area contributed by atoms with E-state index in [-0.39, 0.29) is 62.2 Å². The third kappa shape index (κ3) is 9.31. The van der Waals surface area contributed by atoms with Crippen molar-refractivity contribution in [3.63, 3.8) is 0 Å². The summed E-state index contributed by atoms with van der Waals surface area (Å²) < 4.78 is 0. The summed E-state index contributed by atoms with van der Waals surface area (Å²) in [5.74, 6) is 0. The fourth-order valence-corrected chi connectivity index (χ4v) is 0. The van der Waals surface area contributed by atoms with E-state index < -0.39 is 0 Å². The summed E-state index contributed by atoms with van der Waals surface area (Å²) in [7, 11) is 0. The average molecular weight is 328 g/mol. The van der Waals surface area contributed by atoms with Crippen molar-refractivity contribution in [3.8, 4) is 0 Å². The topological polar surface area (TPSA) is 31.5 Å². The Morgan fingerprint density at radius 1 is 1.00 bits per heavy atom. The molecule has 4 heavy (non-hydrogen) atoms. The van der Waals surface area contributed by atoms with Crippen LogP contribution in [0.15, 0.2) is 0 Å².